The van der Waals surface area contributed by atoms with Crippen LogP contribution in [0.4, 0.5) is 4.39 Å². The molecule has 0 N–H and O–H groups in total. The predicted molar refractivity (Wildman–Crippen MR) is 102 cm³/mol. The van der Waals surface area contributed by atoms with Crippen LogP contribution in [0.1, 0.15) is 5.56 Å². The van der Waals surface area contributed by atoms with Crippen LogP contribution in [-0.2, 0) is 0 Å². The summed E-state index contributed by atoms with van der Waals surface area (Å²) in [5, 5.41) is 4.26. The summed E-state index contributed by atoms with van der Waals surface area (Å²) in [5.74, 6) is 0.720. The van der Waals surface area contributed by atoms with Gasteiger partial charge in [0, 0.05) is 15.6 Å². The zero-order chi connectivity index (χ0) is 18.3. The lowest BCUT2D eigenvalue weighted by atomic mass is 10.2. The quantitative estimate of drug-likeness (QED) is 0.499. The van der Waals surface area contributed by atoms with Gasteiger partial charge in [-0.25, -0.2) is 4.39 Å². The topological polar surface area (TPSA) is 56.5 Å². The Balaban J connectivity index is 1.83. The first-order valence-corrected chi connectivity index (χ1v) is 9.17. The fourth-order valence-electron chi connectivity index (χ4n) is 2.51. The summed E-state index contributed by atoms with van der Waals surface area (Å²) in [4.78, 5) is 17.5. The summed E-state index contributed by atoms with van der Waals surface area (Å²) in [5.41, 5.74) is 1.18. The van der Waals surface area contributed by atoms with Crippen molar-refractivity contribution in [2.75, 3.05) is 7.11 Å². The molecule has 4 aromatic rings. The van der Waals surface area contributed by atoms with Gasteiger partial charge in [0.15, 0.2) is 5.82 Å². The fraction of sp³-hybridized carbons (Fsp3) is 0.0556. The van der Waals surface area contributed by atoms with Crippen molar-refractivity contribution in [2.24, 2.45) is 0 Å². The summed E-state index contributed by atoms with van der Waals surface area (Å²) in [6.07, 6.45) is 1.75. The molecule has 0 bridgehead atoms. The standard InChI is InChI=1S/C18H11BrFN3O2S/c1-25-14-7-4-12(19)8-11(14)9-15-17(24)23-18(26-15)21-16(22-23)10-2-5-13(20)6-3-10/h2-9H,1H3/b15-9+. The minimum Gasteiger partial charge on any atom is -0.496 e. The summed E-state index contributed by atoms with van der Waals surface area (Å²) >= 11 is 4.66. The van der Waals surface area contributed by atoms with Crippen molar-refractivity contribution in [2.45, 2.75) is 0 Å². The second-order valence-electron chi connectivity index (χ2n) is 5.44. The summed E-state index contributed by atoms with van der Waals surface area (Å²) < 4.78 is 21.0. The van der Waals surface area contributed by atoms with Crippen LogP contribution in [-0.4, -0.2) is 21.7 Å². The molecule has 0 aliphatic carbocycles. The molecule has 2 aromatic carbocycles. The molecular formula is C18H11BrFN3O2S. The molecule has 0 aliphatic rings. The third kappa shape index (κ3) is 3.02. The number of ether oxygens (including phenoxy) is 1. The van der Waals surface area contributed by atoms with Gasteiger partial charge in [-0.2, -0.15) is 9.50 Å². The van der Waals surface area contributed by atoms with Crippen LogP contribution >= 0.6 is 27.3 Å². The summed E-state index contributed by atoms with van der Waals surface area (Å²) in [6, 6.07) is 11.4. The molecule has 26 heavy (non-hydrogen) atoms. The van der Waals surface area contributed by atoms with E-state index in [-0.39, 0.29) is 11.4 Å². The molecule has 0 radical (unpaired) electrons. The van der Waals surface area contributed by atoms with Gasteiger partial charge >= 0.3 is 0 Å². The Hall–Kier alpha value is -2.58. The Kier molecular flexibility index (Phi) is 4.29. The molecule has 0 fully saturated rings. The summed E-state index contributed by atoms with van der Waals surface area (Å²) in [6.45, 7) is 0. The number of thiazole rings is 1. The van der Waals surface area contributed by atoms with Crippen molar-refractivity contribution in [1.82, 2.24) is 14.6 Å². The number of nitrogens with zero attached hydrogens (tertiary/aromatic N) is 3. The Morgan fingerprint density at radius 2 is 2.00 bits per heavy atom. The van der Waals surface area contributed by atoms with Gasteiger partial charge in [0.25, 0.3) is 5.56 Å². The van der Waals surface area contributed by atoms with Crippen LogP contribution < -0.4 is 14.8 Å². The lowest BCUT2D eigenvalue weighted by Crippen LogP contribution is -2.23. The second kappa shape index (κ2) is 6.62. The minimum absolute atomic E-state index is 0.257. The first-order valence-electron chi connectivity index (χ1n) is 7.56. The molecule has 4 rings (SSSR count). The van der Waals surface area contributed by atoms with E-state index in [1.807, 2.05) is 18.2 Å². The Morgan fingerprint density at radius 1 is 1.23 bits per heavy atom. The molecule has 2 heterocycles. The van der Waals surface area contributed by atoms with E-state index in [4.69, 9.17) is 4.74 Å². The molecule has 0 amide bonds. The average molecular weight is 432 g/mol. The molecule has 0 spiro atoms. The normalized spacial score (nSPS) is 12.0. The van der Waals surface area contributed by atoms with Crippen LogP contribution in [0.5, 0.6) is 5.75 Å². The maximum atomic E-state index is 13.0. The van der Waals surface area contributed by atoms with Gasteiger partial charge in [-0.15, -0.1) is 5.10 Å². The van der Waals surface area contributed by atoms with Crippen LogP contribution in [0, 0.1) is 5.82 Å². The number of fused-ring (bicyclic) bond motifs is 1. The van der Waals surface area contributed by atoms with Crippen LogP contribution in [0.2, 0.25) is 0 Å². The highest BCUT2D eigenvalue weighted by Gasteiger charge is 2.12. The number of aromatic nitrogens is 3. The minimum atomic E-state index is -0.334. The molecule has 0 saturated heterocycles. The zero-order valence-corrected chi connectivity index (χ0v) is 15.8. The average Bonchev–Trinajstić information content (AvgIpc) is 3.16. The molecule has 5 nitrogen and oxygen atoms in total. The van der Waals surface area contributed by atoms with Crippen molar-refractivity contribution in [1.29, 1.82) is 0 Å². The lowest BCUT2D eigenvalue weighted by molar-refractivity contribution is 0.414. The third-order valence-electron chi connectivity index (χ3n) is 3.76. The lowest BCUT2D eigenvalue weighted by Gasteiger charge is -2.04. The van der Waals surface area contributed by atoms with Gasteiger partial charge in [-0.05, 0) is 48.5 Å². The molecule has 0 saturated carbocycles. The molecule has 0 atom stereocenters. The Morgan fingerprint density at radius 3 is 2.69 bits per heavy atom. The number of rotatable bonds is 3. The second-order valence-corrected chi connectivity index (χ2v) is 7.36. The van der Waals surface area contributed by atoms with Gasteiger partial charge < -0.3 is 4.74 Å². The van der Waals surface area contributed by atoms with Gasteiger partial charge in [0.2, 0.25) is 4.96 Å². The zero-order valence-electron chi connectivity index (χ0n) is 13.4. The van der Waals surface area contributed by atoms with Crippen LogP contribution in [0.3, 0.4) is 0 Å². The highest BCUT2D eigenvalue weighted by molar-refractivity contribution is 9.10. The SMILES string of the molecule is COc1ccc(Br)cc1/C=c1/sc2nc(-c3ccc(F)cc3)nn2c1=O. The number of hydrogen-bond acceptors (Lipinski definition) is 5. The van der Waals surface area contributed by atoms with E-state index in [2.05, 4.69) is 26.0 Å². The predicted octanol–water partition coefficient (Wildman–Crippen LogP) is 3.28. The van der Waals surface area contributed by atoms with Gasteiger partial charge in [-0.3, -0.25) is 4.79 Å². The van der Waals surface area contributed by atoms with Crippen LogP contribution in [0.25, 0.3) is 22.4 Å². The smallest absolute Gasteiger partial charge is 0.291 e. The van der Waals surface area contributed by atoms with Crippen molar-refractivity contribution >= 4 is 38.3 Å². The Labute approximate surface area is 159 Å². The van der Waals surface area contributed by atoms with E-state index in [0.29, 0.717) is 26.6 Å². The molecule has 2 aromatic heterocycles. The highest BCUT2D eigenvalue weighted by atomic mass is 79.9. The van der Waals surface area contributed by atoms with Gasteiger partial charge in [0.05, 0.1) is 11.6 Å². The summed E-state index contributed by atoms with van der Waals surface area (Å²) in [7, 11) is 1.58. The van der Waals surface area contributed by atoms with Crippen molar-refractivity contribution in [3.05, 3.63) is 73.2 Å². The largest absolute Gasteiger partial charge is 0.496 e. The maximum absolute atomic E-state index is 13.0. The Bertz CT molecular complexity index is 1220. The van der Waals surface area contributed by atoms with E-state index in [9.17, 15) is 9.18 Å². The first-order chi connectivity index (χ1) is 12.5. The van der Waals surface area contributed by atoms with Crippen molar-refractivity contribution in [3.63, 3.8) is 0 Å². The van der Waals surface area contributed by atoms with Crippen molar-refractivity contribution in [3.8, 4) is 17.1 Å². The maximum Gasteiger partial charge on any atom is 0.291 e. The first kappa shape index (κ1) is 16.9. The van der Waals surface area contributed by atoms with E-state index in [1.54, 1.807) is 25.3 Å². The fourth-order valence-corrected chi connectivity index (χ4v) is 3.79. The van der Waals surface area contributed by atoms with Gasteiger partial charge in [0.1, 0.15) is 11.6 Å². The van der Waals surface area contributed by atoms with E-state index in [0.717, 1.165) is 10.0 Å². The molecular weight excluding hydrogens is 421 g/mol. The highest BCUT2D eigenvalue weighted by Crippen LogP contribution is 2.23. The van der Waals surface area contributed by atoms with Crippen molar-refractivity contribution < 1.29 is 9.13 Å². The van der Waals surface area contributed by atoms with E-state index < -0.39 is 0 Å². The number of benzene rings is 2. The van der Waals surface area contributed by atoms with E-state index in [1.165, 1.54) is 28.0 Å². The van der Waals surface area contributed by atoms with Crippen LogP contribution in [0.15, 0.2) is 51.7 Å². The molecule has 8 heteroatoms. The number of halogens is 2. The molecule has 0 unspecified atom stereocenters. The number of methoxy groups -OCH3 is 1. The molecule has 130 valence electrons. The molecule has 0 aliphatic heterocycles. The number of hydrogen-bond donors (Lipinski definition) is 0. The van der Waals surface area contributed by atoms with E-state index >= 15 is 0 Å². The third-order valence-corrected chi connectivity index (χ3v) is 5.22. The monoisotopic (exact) mass is 431 g/mol. The van der Waals surface area contributed by atoms with Gasteiger partial charge in [-0.1, -0.05) is 27.3 Å².